The molecule has 0 aliphatic carbocycles. The molecule has 9 heteroatoms. The zero-order valence-electron chi connectivity index (χ0n) is 12.6. The fraction of sp³-hybridized carbons (Fsp3) is 0.333. The first-order valence-electron chi connectivity index (χ1n) is 7.27. The molecule has 0 radical (unpaired) electrons. The molecule has 1 unspecified atom stereocenters. The first kappa shape index (κ1) is 16.7. The lowest BCUT2D eigenvalue weighted by molar-refractivity contribution is -0.139. The van der Waals surface area contributed by atoms with E-state index < -0.39 is 35.1 Å². The van der Waals surface area contributed by atoms with Crippen LogP contribution in [0, 0.1) is 11.6 Å². The number of carboxylic acids is 1. The van der Waals surface area contributed by atoms with Gasteiger partial charge in [-0.3, -0.25) is 0 Å². The van der Waals surface area contributed by atoms with Gasteiger partial charge < -0.3 is 19.5 Å². The summed E-state index contributed by atoms with van der Waals surface area (Å²) in [4.78, 5) is 17.5. The van der Waals surface area contributed by atoms with E-state index in [0.717, 1.165) is 11.2 Å². The summed E-state index contributed by atoms with van der Waals surface area (Å²) in [6.45, 7) is 1.72. The van der Waals surface area contributed by atoms with E-state index in [0.29, 0.717) is 31.2 Å². The van der Waals surface area contributed by atoms with E-state index in [2.05, 4.69) is 4.99 Å². The highest BCUT2D eigenvalue weighted by Crippen LogP contribution is 2.49. The number of carboxylic acid groups (broad SMARTS) is 1. The van der Waals surface area contributed by atoms with Crippen molar-refractivity contribution in [3.63, 3.8) is 0 Å². The zero-order chi connectivity index (χ0) is 17.1. The van der Waals surface area contributed by atoms with Crippen molar-refractivity contribution in [3.05, 3.63) is 35.4 Å². The number of hydrogen-bond donors (Lipinski definition) is 2. The molecule has 0 saturated carbocycles. The Hall–Kier alpha value is -2.13. The van der Waals surface area contributed by atoms with Gasteiger partial charge in [-0.25, -0.2) is 14.2 Å². The first-order valence-corrected chi connectivity index (χ1v) is 8.68. The average Bonchev–Trinajstić information content (AvgIpc) is 3.06. The van der Waals surface area contributed by atoms with Gasteiger partial charge in [0.25, 0.3) is 0 Å². The number of nitrogens with zero attached hydrogens (tertiary/aromatic N) is 2. The maximum Gasteiger partial charge on any atom is 0.341 e. The number of benzene rings is 1. The number of thiol groups is 1. The minimum Gasteiger partial charge on any atom is -0.479 e. The fourth-order valence-electron chi connectivity index (χ4n) is 2.46. The standard InChI is InChI=1S/C15H16F2N2O4S/c16-10-1-2-11(14(13(10)17)23-9-12(20)21)24-8-3-18-15(24)19-4-6-22-7-5-19/h1-3,8,24H,4-7,9H2,(H,20,21). The maximum atomic E-state index is 14.2. The summed E-state index contributed by atoms with van der Waals surface area (Å²) in [5, 5.41) is 11.3. The molecular formula is C15H16F2N2O4S. The van der Waals surface area contributed by atoms with Gasteiger partial charge in [-0.05, 0) is 17.5 Å². The van der Waals surface area contributed by atoms with Crippen LogP contribution in [0.5, 0.6) is 5.75 Å². The van der Waals surface area contributed by atoms with Gasteiger partial charge in [0.15, 0.2) is 23.3 Å². The van der Waals surface area contributed by atoms with E-state index in [4.69, 9.17) is 14.6 Å². The molecule has 0 amide bonds. The minimum absolute atomic E-state index is 0.365. The Balaban J connectivity index is 1.92. The SMILES string of the molecule is O=C(O)COc1c([SH]2C=CN=C2N2CCOCC2)ccc(F)c1F. The van der Waals surface area contributed by atoms with Gasteiger partial charge in [0.2, 0.25) is 5.82 Å². The average molecular weight is 358 g/mol. The molecule has 1 aromatic carbocycles. The van der Waals surface area contributed by atoms with E-state index in [9.17, 15) is 13.6 Å². The summed E-state index contributed by atoms with van der Waals surface area (Å²) in [7, 11) is -1.19. The summed E-state index contributed by atoms with van der Waals surface area (Å²) < 4.78 is 38.0. The van der Waals surface area contributed by atoms with Crippen LogP contribution in [-0.4, -0.2) is 54.1 Å². The van der Waals surface area contributed by atoms with E-state index in [1.807, 2.05) is 4.90 Å². The van der Waals surface area contributed by atoms with Crippen LogP contribution in [-0.2, 0) is 9.53 Å². The lowest BCUT2D eigenvalue weighted by Crippen LogP contribution is -2.40. The highest BCUT2D eigenvalue weighted by atomic mass is 32.2. The Kier molecular flexibility index (Phi) is 5.00. The smallest absolute Gasteiger partial charge is 0.341 e. The van der Waals surface area contributed by atoms with Gasteiger partial charge in [-0.15, -0.1) is 10.9 Å². The van der Waals surface area contributed by atoms with Crippen molar-refractivity contribution in [1.82, 2.24) is 4.90 Å². The quantitative estimate of drug-likeness (QED) is 0.805. The molecule has 1 fully saturated rings. The van der Waals surface area contributed by atoms with Gasteiger partial charge in [0.05, 0.1) is 13.2 Å². The molecule has 0 spiro atoms. The van der Waals surface area contributed by atoms with Crippen molar-refractivity contribution in [2.24, 2.45) is 4.99 Å². The molecule has 6 nitrogen and oxygen atoms in total. The molecule has 2 aliphatic rings. The van der Waals surface area contributed by atoms with Gasteiger partial charge in [0.1, 0.15) is 0 Å². The van der Waals surface area contributed by atoms with Crippen molar-refractivity contribution >= 4 is 22.0 Å². The number of carbonyl (C=O) groups is 1. The molecule has 3 rings (SSSR count). The van der Waals surface area contributed by atoms with Crippen molar-refractivity contribution in [2.45, 2.75) is 4.90 Å². The highest BCUT2D eigenvalue weighted by molar-refractivity contribution is 8.32. The van der Waals surface area contributed by atoms with Gasteiger partial charge in [-0.1, -0.05) is 0 Å². The van der Waals surface area contributed by atoms with Crippen molar-refractivity contribution in [3.8, 4) is 5.75 Å². The molecular weight excluding hydrogens is 342 g/mol. The summed E-state index contributed by atoms with van der Waals surface area (Å²) >= 11 is 0. The number of aliphatic carboxylic acids is 1. The summed E-state index contributed by atoms with van der Waals surface area (Å²) in [5.74, 6) is -3.89. The molecule has 1 N–H and O–H groups in total. The van der Waals surface area contributed by atoms with Gasteiger partial charge in [0, 0.05) is 24.2 Å². The predicted molar refractivity (Wildman–Crippen MR) is 85.7 cm³/mol. The summed E-state index contributed by atoms with van der Waals surface area (Å²) in [6.07, 6.45) is 1.62. The van der Waals surface area contributed by atoms with E-state index >= 15 is 0 Å². The van der Waals surface area contributed by atoms with Crippen molar-refractivity contribution in [2.75, 3.05) is 32.9 Å². The number of morpholine rings is 1. The van der Waals surface area contributed by atoms with Crippen LogP contribution < -0.4 is 4.74 Å². The molecule has 0 aromatic heterocycles. The molecule has 1 aromatic rings. The number of ether oxygens (including phenoxy) is 2. The van der Waals surface area contributed by atoms with E-state index in [1.165, 1.54) is 6.07 Å². The summed E-state index contributed by atoms with van der Waals surface area (Å²) in [5.41, 5.74) is 0. The Morgan fingerprint density at radius 2 is 2.12 bits per heavy atom. The molecule has 0 bridgehead atoms. The minimum atomic E-state index is -1.26. The third kappa shape index (κ3) is 3.36. The van der Waals surface area contributed by atoms with Gasteiger partial charge >= 0.3 is 5.97 Å². The molecule has 1 saturated heterocycles. The van der Waals surface area contributed by atoms with Crippen LogP contribution in [0.3, 0.4) is 0 Å². The Labute approximate surface area is 139 Å². The molecule has 1 atom stereocenters. The topological polar surface area (TPSA) is 71.4 Å². The molecule has 2 aliphatic heterocycles. The fourth-order valence-corrected chi connectivity index (χ4v) is 4.49. The van der Waals surface area contributed by atoms with Crippen LogP contribution in [0.1, 0.15) is 0 Å². The van der Waals surface area contributed by atoms with Crippen LogP contribution in [0.2, 0.25) is 0 Å². The number of aliphatic imine (C=N–C) groups is 1. The lowest BCUT2D eigenvalue weighted by atomic mass is 10.3. The Morgan fingerprint density at radius 3 is 2.83 bits per heavy atom. The molecule has 2 heterocycles. The summed E-state index contributed by atoms with van der Waals surface area (Å²) in [6, 6.07) is 2.44. The van der Waals surface area contributed by atoms with Crippen LogP contribution in [0.4, 0.5) is 8.78 Å². The third-order valence-corrected chi connectivity index (χ3v) is 5.68. The number of amidine groups is 1. The van der Waals surface area contributed by atoms with Crippen LogP contribution in [0.25, 0.3) is 0 Å². The largest absolute Gasteiger partial charge is 0.479 e. The number of hydrogen-bond acceptors (Lipinski definition) is 5. The van der Waals surface area contributed by atoms with Crippen molar-refractivity contribution in [1.29, 1.82) is 0 Å². The highest BCUT2D eigenvalue weighted by Gasteiger charge is 2.28. The normalized spacial score (nSPS) is 21.7. The van der Waals surface area contributed by atoms with Crippen LogP contribution in [0.15, 0.2) is 33.6 Å². The van der Waals surface area contributed by atoms with E-state index in [1.54, 1.807) is 11.6 Å². The Morgan fingerprint density at radius 1 is 1.38 bits per heavy atom. The molecule has 24 heavy (non-hydrogen) atoms. The second-order valence-electron chi connectivity index (χ2n) is 5.09. The van der Waals surface area contributed by atoms with Crippen molar-refractivity contribution < 1.29 is 28.2 Å². The third-order valence-electron chi connectivity index (χ3n) is 3.54. The Bertz CT molecular complexity index is 705. The first-order chi connectivity index (χ1) is 11.6. The van der Waals surface area contributed by atoms with Crippen LogP contribution >= 0.6 is 10.9 Å². The molecule has 130 valence electrons. The predicted octanol–water partition coefficient (Wildman–Crippen LogP) is 1.96. The monoisotopic (exact) mass is 358 g/mol. The zero-order valence-corrected chi connectivity index (χ0v) is 13.5. The van der Waals surface area contributed by atoms with E-state index in [-0.39, 0.29) is 5.75 Å². The lowest BCUT2D eigenvalue weighted by Gasteiger charge is -2.33. The van der Waals surface area contributed by atoms with Gasteiger partial charge in [-0.2, -0.15) is 4.39 Å². The number of rotatable bonds is 4. The maximum absolute atomic E-state index is 14.2. The second kappa shape index (κ2) is 7.18. The number of halogens is 2. The second-order valence-corrected chi connectivity index (χ2v) is 7.01.